The molecule has 0 spiro atoms. The van der Waals surface area contributed by atoms with Crippen molar-refractivity contribution < 1.29 is 49.3 Å². The molecule has 11 nitrogen and oxygen atoms in total. The zero-order valence-electron chi connectivity index (χ0n) is 48.8. The average Bonchev–Trinajstić information content (AvgIpc) is 3.43. The third-order valence-electron chi connectivity index (χ3n) is 14.1. The van der Waals surface area contributed by atoms with Gasteiger partial charge in [-0.05, 0) is 77.0 Å². The van der Waals surface area contributed by atoms with Gasteiger partial charge in [0.1, 0.15) is 24.4 Å². The van der Waals surface area contributed by atoms with Crippen molar-refractivity contribution >= 4 is 11.9 Å². The van der Waals surface area contributed by atoms with Gasteiger partial charge < -0.3 is 45.1 Å². The molecule has 0 bridgehead atoms. The first-order valence-corrected chi connectivity index (χ1v) is 31.1. The van der Waals surface area contributed by atoms with Crippen LogP contribution in [0.4, 0.5) is 0 Å². The average molecular weight is 1080 g/mol. The standard InChI is InChI=1S/C66H113NO10/c1-4-7-10-13-16-19-22-25-27-28-29-30-31-32-33-36-39-42-45-48-51-54-61(71)77-64-63(73)62(72)60(55-68)76-66(64)75-56-57(58(69)52-49-46-43-40-37-34-24-21-18-15-12-9-6-3)67-65(74)59(70)53-50-47-44-41-38-35-26-23-20-17-14-11-8-5-2/h8,11,14,16-17,19-20,23,25-27,35,38,41,49,52,57-60,62-64,66,68-70,72-73H,4-7,9-10,12-13,15,18,21-22,24,28-34,36-37,39-40,42-48,50-51,53-56H2,1-3H3,(H,67,74)/b11-8+,17-14+,19-16-,23-20-,27-25-,35-26-,41-38+,52-49+. The minimum absolute atomic E-state index is 0.111. The van der Waals surface area contributed by atoms with Gasteiger partial charge in [-0.3, -0.25) is 9.59 Å². The summed E-state index contributed by atoms with van der Waals surface area (Å²) in [5.41, 5.74) is 0. The molecule has 8 atom stereocenters. The maximum absolute atomic E-state index is 13.4. The Morgan fingerprint density at radius 2 is 0.987 bits per heavy atom. The van der Waals surface area contributed by atoms with Gasteiger partial charge in [0.25, 0.3) is 0 Å². The first-order valence-electron chi connectivity index (χ1n) is 31.1. The van der Waals surface area contributed by atoms with Crippen LogP contribution in [0.5, 0.6) is 0 Å². The number of allylic oxidation sites excluding steroid dienone is 15. The number of hydrogen-bond acceptors (Lipinski definition) is 10. The number of ether oxygens (including phenoxy) is 3. The zero-order valence-corrected chi connectivity index (χ0v) is 48.8. The number of rotatable bonds is 51. The Kier molecular flexibility index (Phi) is 49.5. The molecule has 0 aromatic carbocycles. The van der Waals surface area contributed by atoms with E-state index < -0.39 is 67.4 Å². The van der Waals surface area contributed by atoms with Gasteiger partial charge in [-0.25, -0.2) is 0 Å². The van der Waals surface area contributed by atoms with Gasteiger partial charge >= 0.3 is 5.97 Å². The number of esters is 1. The summed E-state index contributed by atoms with van der Waals surface area (Å²) in [4.78, 5) is 26.5. The van der Waals surface area contributed by atoms with E-state index in [1.165, 1.54) is 122 Å². The van der Waals surface area contributed by atoms with Crippen molar-refractivity contribution in [1.82, 2.24) is 5.32 Å². The van der Waals surface area contributed by atoms with E-state index in [4.69, 9.17) is 14.2 Å². The van der Waals surface area contributed by atoms with Crippen molar-refractivity contribution in [3.8, 4) is 0 Å². The Morgan fingerprint density at radius 1 is 0.532 bits per heavy atom. The maximum atomic E-state index is 13.4. The number of hydrogen-bond donors (Lipinski definition) is 6. The monoisotopic (exact) mass is 1080 g/mol. The lowest BCUT2D eigenvalue weighted by atomic mass is 9.99. The lowest BCUT2D eigenvalue weighted by Gasteiger charge is -2.41. The molecular formula is C66H113NO10. The lowest BCUT2D eigenvalue weighted by molar-refractivity contribution is -0.305. The van der Waals surface area contributed by atoms with Gasteiger partial charge in [-0.1, -0.05) is 259 Å². The molecule has 6 N–H and O–H groups in total. The first-order chi connectivity index (χ1) is 37.7. The quantitative estimate of drug-likeness (QED) is 0.0149. The lowest BCUT2D eigenvalue weighted by Crippen LogP contribution is -2.61. The summed E-state index contributed by atoms with van der Waals surface area (Å²) in [5, 5.41) is 56.9. The molecule has 8 unspecified atom stereocenters. The molecule has 1 aliphatic heterocycles. The number of carbonyl (C=O) groups is 2. The minimum atomic E-state index is -1.63. The van der Waals surface area contributed by atoms with Crippen molar-refractivity contribution in [1.29, 1.82) is 0 Å². The third kappa shape index (κ3) is 41.3. The summed E-state index contributed by atoms with van der Waals surface area (Å²) >= 11 is 0. The van der Waals surface area contributed by atoms with Crippen LogP contribution in [-0.4, -0.2) is 99.6 Å². The molecule has 1 heterocycles. The zero-order chi connectivity index (χ0) is 56.1. The van der Waals surface area contributed by atoms with Gasteiger partial charge in [0.15, 0.2) is 12.4 Å². The SMILES string of the molecule is CC/C=C/C=C/C=C\C=C/C=C/CCCCC(O)C(=O)NC(COC1OC(CO)C(O)C(O)C1OC(=O)CCCCCCCCCCCCC/C=C\C/C=C\CCCCC)C(O)/C=C/CCCCCCCCCCCCC. The van der Waals surface area contributed by atoms with Gasteiger partial charge in [-0.15, -0.1) is 0 Å². The molecule has 1 fully saturated rings. The molecule has 1 saturated heterocycles. The van der Waals surface area contributed by atoms with Crippen molar-refractivity contribution in [2.24, 2.45) is 0 Å². The van der Waals surface area contributed by atoms with E-state index in [0.29, 0.717) is 12.8 Å². The normalized spacial score (nSPS) is 19.7. The van der Waals surface area contributed by atoms with Gasteiger partial charge in [0.05, 0.1) is 25.4 Å². The van der Waals surface area contributed by atoms with Crippen LogP contribution in [-0.2, 0) is 23.8 Å². The largest absolute Gasteiger partial charge is 0.454 e. The fourth-order valence-corrected chi connectivity index (χ4v) is 9.17. The Hall–Kier alpha value is -3.42. The molecule has 0 saturated carbocycles. The van der Waals surface area contributed by atoms with Crippen molar-refractivity contribution in [3.05, 3.63) is 97.2 Å². The Bertz CT molecular complexity index is 1620. The third-order valence-corrected chi connectivity index (χ3v) is 14.1. The highest BCUT2D eigenvalue weighted by atomic mass is 16.7. The van der Waals surface area contributed by atoms with E-state index in [0.717, 1.165) is 77.0 Å². The van der Waals surface area contributed by atoms with Crippen LogP contribution in [0.2, 0.25) is 0 Å². The molecule has 0 aromatic heterocycles. The molecule has 11 heteroatoms. The highest BCUT2D eigenvalue weighted by Crippen LogP contribution is 2.26. The molecule has 1 aliphatic rings. The number of carbonyl (C=O) groups excluding carboxylic acids is 2. The molecule has 0 aromatic rings. The van der Waals surface area contributed by atoms with E-state index in [2.05, 4.69) is 56.5 Å². The van der Waals surface area contributed by atoms with Crippen LogP contribution in [0.15, 0.2) is 97.2 Å². The van der Waals surface area contributed by atoms with E-state index in [9.17, 15) is 35.1 Å². The van der Waals surface area contributed by atoms with Crippen LogP contribution in [0.3, 0.4) is 0 Å². The van der Waals surface area contributed by atoms with Crippen LogP contribution in [0.1, 0.15) is 245 Å². The maximum Gasteiger partial charge on any atom is 0.306 e. The van der Waals surface area contributed by atoms with E-state index in [1.807, 2.05) is 60.8 Å². The summed E-state index contributed by atoms with van der Waals surface area (Å²) in [7, 11) is 0. The van der Waals surface area contributed by atoms with E-state index in [1.54, 1.807) is 6.08 Å². The fraction of sp³-hybridized carbons (Fsp3) is 0.727. The number of amides is 1. The second kappa shape index (κ2) is 53.2. The van der Waals surface area contributed by atoms with E-state index >= 15 is 0 Å². The number of aliphatic hydroxyl groups excluding tert-OH is 5. The predicted octanol–water partition coefficient (Wildman–Crippen LogP) is 14.7. The summed E-state index contributed by atoms with van der Waals surface area (Å²) in [5.74, 6) is -1.24. The second-order valence-electron chi connectivity index (χ2n) is 21.2. The molecule has 0 aliphatic carbocycles. The van der Waals surface area contributed by atoms with Crippen molar-refractivity contribution in [2.75, 3.05) is 13.2 Å². The molecule has 0 radical (unpaired) electrons. The smallest absolute Gasteiger partial charge is 0.306 e. The molecule has 1 amide bonds. The number of nitrogens with one attached hydrogen (secondary N) is 1. The fourth-order valence-electron chi connectivity index (χ4n) is 9.17. The van der Waals surface area contributed by atoms with Crippen LogP contribution in [0, 0.1) is 0 Å². The van der Waals surface area contributed by atoms with Gasteiger partial charge in [-0.2, -0.15) is 0 Å². The highest BCUT2D eigenvalue weighted by molar-refractivity contribution is 5.80. The highest BCUT2D eigenvalue weighted by Gasteiger charge is 2.47. The Balaban J connectivity index is 2.69. The van der Waals surface area contributed by atoms with Crippen LogP contribution in [0.25, 0.3) is 0 Å². The first kappa shape index (κ1) is 71.6. The second-order valence-corrected chi connectivity index (χ2v) is 21.2. The number of unbranched alkanes of at least 4 members (excludes halogenated alkanes) is 27. The van der Waals surface area contributed by atoms with Gasteiger partial charge in [0.2, 0.25) is 5.91 Å². The summed E-state index contributed by atoms with van der Waals surface area (Å²) in [6.07, 6.45) is 60.2. The summed E-state index contributed by atoms with van der Waals surface area (Å²) in [6.45, 7) is 5.59. The topological polar surface area (TPSA) is 175 Å². The number of aliphatic hydroxyl groups is 5. The van der Waals surface area contributed by atoms with Crippen molar-refractivity contribution in [2.45, 2.75) is 294 Å². The summed E-state index contributed by atoms with van der Waals surface area (Å²) in [6, 6.07) is -1.05. The Labute approximate surface area is 469 Å². The molecular weight excluding hydrogens is 967 g/mol. The van der Waals surface area contributed by atoms with Crippen LogP contribution < -0.4 is 5.32 Å². The Morgan fingerprint density at radius 3 is 1.53 bits per heavy atom. The van der Waals surface area contributed by atoms with E-state index in [-0.39, 0.29) is 19.4 Å². The summed E-state index contributed by atoms with van der Waals surface area (Å²) < 4.78 is 17.6. The molecule has 77 heavy (non-hydrogen) atoms. The van der Waals surface area contributed by atoms with Crippen molar-refractivity contribution in [3.63, 3.8) is 0 Å². The molecule has 442 valence electrons. The van der Waals surface area contributed by atoms with Crippen LogP contribution >= 0.6 is 0 Å². The predicted molar refractivity (Wildman–Crippen MR) is 319 cm³/mol. The van der Waals surface area contributed by atoms with Gasteiger partial charge in [0, 0.05) is 6.42 Å². The molecule has 1 rings (SSSR count). The minimum Gasteiger partial charge on any atom is -0.454 e.